The quantitative estimate of drug-likeness (QED) is 0.232. The molecule has 0 aliphatic carbocycles. The first kappa shape index (κ1) is 21.8. The number of nitrogens with zero attached hydrogens (tertiary/aromatic N) is 2. The number of aromatic nitrogens is 2. The molecule has 37 heavy (non-hydrogen) atoms. The summed E-state index contributed by atoms with van der Waals surface area (Å²) in [7, 11) is 0. The molecule has 0 saturated heterocycles. The molecule has 0 bridgehead atoms. The highest BCUT2D eigenvalue weighted by atomic mass is 16.3. The summed E-state index contributed by atoms with van der Waals surface area (Å²) in [4.78, 5) is 9.50. The Morgan fingerprint density at radius 3 is 2.27 bits per heavy atom. The maximum atomic E-state index is 6.60. The van der Waals surface area contributed by atoms with E-state index in [9.17, 15) is 0 Å². The van der Waals surface area contributed by atoms with Crippen LogP contribution in [-0.4, -0.2) is 9.97 Å². The molecular weight excluding hydrogens is 452 g/mol. The average Bonchev–Trinajstić information content (AvgIpc) is 3.26. The van der Waals surface area contributed by atoms with Gasteiger partial charge in [0.05, 0.1) is 11.2 Å². The number of fused-ring (bicyclic) bond motifs is 6. The Balaban J connectivity index is 1.49. The van der Waals surface area contributed by atoms with Gasteiger partial charge in [-0.05, 0) is 85.2 Å². The highest BCUT2D eigenvalue weighted by Crippen LogP contribution is 2.40. The summed E-state index contributed by atoms with van der Waals surface area (Å²) in [6.07, 6.45) is 1.68. The van der Waals surface area contributed by atoms with Gasteiger partial charge in [-0.1, -0.05) is 60.2 Å². The normalized spacial score (nSPS) is 11.8. The van der Waals surface area contributed by atoms with Crippen LogP contribution >= 0.6 is 0 Å². The molecule has 0 radical (unpaired) electrons. The van der Waals surface area contributed by atoms with Crippen molar-refractivity contribution in [2.24, 2.45) is 0 Å². The highest BCUT2D eigenvalue weighted by Gasteiger charge is 2.18. The topological polar surface area (TPSA) is 38.9 Å². The Labute approximate surface area is 215 Å². The van der Waals surface area contributed by atoms with E-state index in [0.717, 1.165) is 44.1 Å². The molecule has 3 nitrogen and oxygen atoms in total. The van der Waals surface area contributed by atoms with Crippen molar-refractivity contribution in [1.29, 1.82) is 0 Å². The fraction of sp³-hybridized carbons (Fsp3) is 0.118. The number of hydrogen-bond donors (Lipinski definition) is 0. The molecule has 0 unspecified atom stereocenters. The number of para-hydroxylation sites is 1. The van der Waals surface area contributed by atoms with E-state index in [4.69, 9.17) is 14.4 Å². The van der Waals surface area contributed by atoms with Crippen LogP contribution in [0.5, 0.6) is 0 Å². The molecule has 7 aromatic rings. The van der Waals surface area contributed by atoms with Crippen LogP contribution in [0.25, 0.3) is 66.0 Å². The van der Waals surface area contributed by atoms with Crippen molar-refractivity contribution in [3.8, 4) is 22.4 Å². The minimum absolute atomic E-state index is 0.858. The van der Waals surface area contributed by atoms with Crippen molar-refractivity contribution >= 4 is 43.6 Å². The van der Waals surface area contributed by atoms with Crippen LogP contribution in [0.3, 0.4) is 0 Å². The molecule has 3 heteroatoms. The lowest BCUT2D eigenvalue weighted by atomic mass is 9.95. The van der Waals surface area contributed by atoms with Gasteiger partial charge in [0.25, 0.3) is 0 Å². The molecule has 0 N–H and O–H groups in total. The molecule has 0 aliphatic rings. The van der Waals surface area contributed by atoms with Gasteiger partial charge in [0.2, 0.25) is 0 Å². The predicted octanol–water partition coefficient (Wildman–Crippen LogP) is 9.25. The van der Waals surface area contributed by atoms with E-state index in [-0.39, 0.29) is 0 Å². The number of hydrogen-bond acceptors (Lipinski definition) is 3. The molecule has 2 aromatic heterocycles. The zero-order valence-electron chi connectivity index (χ0n) is 21.4. The van der Waals surface area contributed by atoms with Gasteiger partial charge in [-0.25, -0.2) is 9.97 Å². The number of aryl methyl sites for hydroxylation is 4. The van der Waals surface area contributed by atoms with Gasteiger partial charge in [-0.3, -0.25) is 0 Å². The van der Waals surface area contributed by atoms with Crippen molar-refractivity contribution in [2.75, 3.05) is 0 Å². The van der Waals surface area contributed by atoms with E-state index in [1.165, 1.54) is 44.2 Å². The van der Waals surface area contributed by atoms with Crippen molar-refractivity contribution in [1.82, 2.24) is 9.97 Å². The average molecular weight is 479 g/mol. The lowest BCUT2D eigenvalue weighted by molar-refractivity contribution is 0.670. The van der Waals surface area contributed by atoms with E-state index in [1.54, 1.807) is 6.33 Å². The van der Waals surface area contributed by atoms with Crippen LogP contribution in [0.4, 0.5) is 0 Å². The first-order valence-corrected chi connectivity index (χ1v) is 12.7. The first-order valence-electron chi connectivity index (χ1n) is 12.7. The van der Waals surface area contributed by atoms with Gasteiger partial charge in [0, 0.05) is 27.1 Å². The monoisotopic (exact) mass is 478 g/mol. The van der Waals surface area contributed by atoms with Crippen LogP contribution in [0, 0.1) is 27.7 Å². The van der Waals surface area contributed by atoms with E-state index >= 15 is 0 Å². The molecule has 178 valence electrons. The standard InChI is InChI=1S/C34H26N2O/c1-19-15-22(4)31-23(16-19)12-14-27-32(35-18-36-33(27)31)28-10-6-9-26-25-13-11-24(17-29(25)37-34(26)28)30-20(2)7-5-8-21(30)3/h5-18H,1-4H3. The molecular formula is C34H26N2O. The summed E-state index contributed by atoms with van der Waals surface area (Å²) in [5.41, 5.74) is 12.1. The van der Waals surface area contributed by atoms with Crippen molar-refractivity contribution in [3.05, 3.63) is 107 Å². The lowest BCUT2D eigenvalue weighted by Gasteiger charge is -2.11. The first-order chi connectivity index (χ1) is 18.0. The van der Waals surface area contributed by atoms with E-state index < -0.39 is 0 Å². The summed E-state index contributed by atoms with van der Waals surface area (Å²) in [5.74, 6) is 0. The predicted molar refractivity (Wildman–Crippen MR) is 154 cm³/mol. The molecule has 2 heterocycles. The third-order valence-corrected chi connectivity index (χ3v) is 7.58. The molecule has 7 rings (SSSR count). The molecule has 0 fully saturated rings. The second-order valence-electron chi connectivity index (χ2n) is 10.1. The molecule has 5 aromatic carbocycles. The summed E-state index contributed by atoms with van der Waals surface area (Å²) >= 11 is 0. The molecule has 0 atom stereocenters. The Bertz CT molecular complexity index is 2010. The number of rotatable bonds is 2. The summed E-state index contributed by atoms with van der Waals surface area (Å²) in [6, 6.07) is 28.1. The maximum absolute atomic E-state index is 6.60. The van der Waals surface area contributed by atoms with Crippen molar-refractivity contribution in [2.45, 2.75) is 27.7 Å². The smallest absolute Gasteiger partial charge is 0.144 e. The third kappa shape index (κ3) is 3.27. The fourth-order valence-electron chi connectivity index (χ4n) is 6.01. The van der Waals surface area contributed by atoms with Gasteiger partial charge in [-0.2, -0.15) is 0 Å². The molecule has 0 amide bonds. The van der Waals surface area contributed by atoms with E-state index in [0.29, 0.717) is 0 Å². The Hall–Kier alpha value is -4.50. The second kappa shape index (κ2) is 8.01. The van der Waals surface area contributed by atoms with Crippen LogP contribution in [0.2, 0.25) is 0 Å². The largest absolute Gasteiger partial charge is 0.455 e. The van der Waals surface area contributed by atoms with Gasteiger partial charge in [0.15, 0.2) is 0 Å². The lowest BCUT2D eigenvalue weighted by Crippen LogP contribution is -1.92. The van der Waals surface area contributed by atoms with Crippen LogP contribution in [-0.2, 0) is 0 Å². The van der Waals surface area contributed by atoms with Crippen LogP contribution in [0.1, 0.15) is 22.3 Å². The van der Waals surface area contributed by atoms with Gasteiger partial charge in [-0.15, -0.1) is 0 Å². The molecule has 0 saturated carbocycles. The Morgan fingerprint density at radius 2 is 1.43 bits per heavy atom. The maximum Gasteiger partial charge on any atom is 0.144 e. The molecule has 0 aliphatic heterocycles. The van der Waals surface area contributed by atoms with E-state index in [2.05, 4.69) is 107 Å². The number of benzene rings is 5. The zero-order valence-corrected chi connectivity index (χ0v) is 21.4. The Morgan fingerprint density at radius 1 is 0.649 bits per heavy atom. The van der Waals surface area contributed by atoms with Gasteiger partial charge in [0.1, 0.15) is 17.5 Å². The van der Waals surface area contributed by atoms with Gasteiger partial charge >= 0.3 is 0 Å². The minimum atomic E-state index is 0.858. The minimum Gasteiger partial charge on any atom is -0.455 e. The number of furan rings is 1. The summed E-state index contributed by atoms with van der Waals surface area (Å²) < 4.78 is 6.60. The highest BCUT2D eigenvalue weighted by molar-refractivity contribution is 6.15. The van der Waals surface area contributed by atoms with Crippen LogP contribution in [0.15, 0.2) is 89.6 Å². The SMILES string of the molecule is Cc1cc(C)c2c(ccc3c(-c4cccc5c4oc4cc(-c6c(C)cccc6C)ccc45)ncnc32)c1. The summed E-state index contributed by atoms with van der Waals surface area (Å²) in [6.45, 7) is 8.62. The third-order valence-electron chi connectivity index (χ3n) is 7.58. The fourth-order valence-corrected chi connectivity index (χ4v) is 6.01. The zero-order chi connectivity index (χ0) is 25.3. The Kier molecular flexibility index (Phi) is 4.71. The van der Waals surface area contributed by atoms with Crippen molar-refractivity contribution < 1.29 is 4.42 Å². The molecule has 0 spiro atoms. The van der Waals surface area contributed by atoms with Crippen molar-refractivity contribution in [3.63, 3.8) is 0 Å². The summed E-state index contributed by atoms with van der Waals surface area (Å²) in [5, 5.41) is 5.63. The second-order valence-corrected chi connectivity index (χ2v) is 10.1. The van der Waals surface area contributed by atoms with Gasteiger partial charge < -0.3 is 4.42 Å². The van der Waals surface area contributed by atoms with Crippen LogP contribution < -0.4 is 0 Å². The van der Waals surface area contributed by atoms with E-state index in [1.807, 2.05) is 0 Å².